The Morgan fingerprint density at radius 1 is 1.04 bits per heavy atom. The number of aryl methyl sites for hydroxylation is 1. The average molecular weight is 367 g/mol. The molecule has 0 unspecified atom stereocenters. The average Bonchev–Trinajstić information content (AvgIpc) is 3.11. The molecule has 1 aliphatic rings. The van der Waals surface area contributed by atoms with Crippen molar-refractivity contribution in [3.05, 3.63) is 63.1 Å². The second kappa shape index (κ2) is 7.15. The third kappa shape index (κ3) is 3.35. The molecule has 1 aliphatic heterocycles. The molecule has 142 valence electrons. The molecule has 0 saturated carbocycles. The molecule has 0 radical (unpaired) electrons. The van der Waals surface area contributed by atoms with Crippen LogP contribution < -0.4 is 11.2 Å². The molecule has 0 bridgehead atoms. The van der Waals surface area contributed by atoms with Crippen LogP contribution in [0.2, 0.25) is 0 Å². The molecule has 0 N–H and O–H groups in total. The van der Waals surface area contributed by atoms with E-state index in [2.05, 4.69) is 40.2 Å². The van der Waals surface area contributed by atoms with E-state index in [4.69, 9.17) is 0 Å². The smallest absolute Gasteiger partial charge is 0.311 e. The SMILES string of the molecule is Cn1c(=O)c2c(ncn2CN2CCC(Cc3ccccc3)CC2)n(C)c1=O. The first-order valence-corrected chi connectivity index (χ1v) is 9.41. The monoisotopic (exact) mass is 367 g/mol. The molecule has 0 spiro atoms. The Bertz CT molecular complexity index is 1060. The zero-order valence-corrected chi connectivity index (χ0v) is 15.8. The van der Waals surface area contributed by atoms with Crippen molar-refractivity contribution in [2.45, 2.75) is 25.9 Å². The van der Waals surface area contributed by atoms with Gasteiger partial charge in [-0.3, -0.25) is 18.8 Å². The summed E-state index contributed by atoms with van der Waals surface area (Å²) in [6.45, 7) is 2.63. The highest BCUT2D eigenvalue weighted by atomic mass is 16.2. The third-order valence-corrected chi connectivity index (χ3v) is 5.64. The molecule has 7 heteroatoms. The maximum Gasteiger partial charge on any atom is 0.332 e. The van der Waals surface area contributed by atoms with E-state index in [0.29, 0.717) is 23.8 Å². The Balaban J connectivity index is 1.47. The van der Waals surface area contributed by atoms with E-state index in [9.17, 15) is 9.59 Å². The molecule has 0 amide bonds. The van der Waals surface area contributed by atoms with E-state index in [1.165, 1.54) is 17.2 Å². The molecule has 4 rings (SSSR count). The summed E-state index contributed by atoms with van der Waals surface area (Å²) in [6.07, 6.45) is 5.10. The van der Waals surface area contributed by atoms with Crippen molar-refractivity contribution in [3.63, 3.8) is 0 Å². The predicted molar refractivity (Wildman–Crippen MR) is 105 cm³/mol. The molecule has 2 aromatic heterocycles. The number of rotatable bonds is 4. The van der Waals surface area contributed by atoms with Crippen molar-refractivity contribution in [2.75, 3.05) is 13.1 Å². The molecule has 3 heterocycles. The first-order chi connectivity index (χ1) is 13.0. The molecular weight excluding hydrogens is 342 g/mol. The number of fused-ring (bicyclic) bond motifs is 1. The lowest BCUT2D eigenvalue weighted by molar-refractivity contribution is 0.149. The Kier molecular flexibility index (Phi) is 4.70. The second-order valence-electron chi connectivity index (χ2n) is 7.48. The van der Waals surface area contributed by atoms with Gasteiger partial charge in [0.1, 0.15) is 0 Å². The molecule has 0 atom stereocenters. The summed E-state index contributed by atoms with van der Waals surface area (Å²) in [4.78, 5) is 31.3. The van der Waals surface area contributed by atoms with Crippen LogP contribution in [0.3, 0.4) is 0 Å². The predicted octanol–water partition coefficient (Wildman–Crippen LogP) is 1.35. The normalized spacial score (nSPS) is 16.2. The van der Waals surface area contributed by atoms with Gasteiger partial charge in [-0.25, -0.2) is 9.78 Å². The first-order valence-electron chi connectivity index (χ1n) is 9.41. The van der Waals surface area contributed by atoms with Crippen LogP contribution in [-0.4, -0.2) is 36.7 Å². The maximum atomic E-state index is 12.6. The van der Waals surface area contributed by atoms with Gasteiger partial charge in [-0.1, -0.05) is 30.3 Å². The van der Waals surface area contributed by atoms with Crippen LogP contribution in [0.25, 0.3) is 11.2 Å². The molecule has 3 aromatic rings. The molecule has 1 fully saturated rings. The van der Waals surface area contributed by atoms with E-state index >= 15 is 0 Å². The lowest BCUT2D eigenvalue weighted by atomic mass is 9.90. The topological polar surface area (TPSA) is 65.1 Å². The van der Waals surface area contributed by atoms with Gasteiger partial charge in [-0.2, -0.15) is 0 Å². The van der Waals surface area contributed by atoms with Crippen LogP contribution in [0.15, 0.2) is 46.2 Å². The fraction of sp³-hybridized carbons (Fsp3) is 0.450. The molecular formula is C20H25N5O2. The number of nitrogens with zero attached hydrogens (tertiary/aromatic N) is 5. The van der Waals surface area contributed by atoms with Crippen molar-refractivity contribution >= 4 is 11.2 Å². The Morgan fingerprint density at radius 2 is 1.74 bits per heavy atom. The first kappa shape index (κ1) is 17.7. The van der Waals surface area contributed by atoms with Crippen LogP contribution in [0, 0.1) is 5.92 Å². The van der Waals surface area contributed by atoms with E-state index in [-0.39, 0.29) is 11.2 Å². The van der Waals surface area contributed by atoms with Gasteiger partial charge in [0.25, 0.3) is 5.56 Å². The van der Waals surface area contributed by atoms with Gasteiger partial charge < -0.3 is 4.57 Å². The largest absolute Gasteiger partial charge is 0.332 e. The van der Waals surface area contributed by atoms with Gasteiger partial charge in [0, 0.05) is 27.2 Å². The minimum atomic E-state index is -0.348. The maximum absolute atomic E-state index is 12.6. The van der Waals surface area contributed by atoms with Crippen molar-refractivity contribution < 1.29 is 0 Å². The molecule has 1 aromatic carbocycles. The van der Waals surface area contributed by atoms with Crippen molar-refractivity contribution in [1.82, 2.24) is 23.6 Å². The Hall–Kier alpha value is -2.67. The third-order valence-electron chi connectivity index (χ3n) is 5.64. The molecule has 27 heavy (non-hydrogen) atoms. The Morgan fingerprint density at radius 3 is 2.44 bits per heavy atom. The van der Waals surface area contributed by atoms with Crippen molar-refractivity contribution in [1.29, 1.82) is 0 Å². The minimum absolute atomic E-state index is 0.287. The van der Waals surface area contributed by atoms with Crippen molar-refractivity contribution in [3.8, 4) is 0 Å². The molecule has 0 aliphatic carbocycles. The van der Waals surface area contributed by atoms with Crippen LogP contribution >= 0.6 is 0 Å². The van der Waals surface area contributed by atoms with Crippen molar-refractivity contribution in [2.24, 2.45) is 20.0 Å². The summed E-state index contributed by atoms with van der Waals surface area (Å²) in [6, 6.07) is 10.7. The van der Waals surface area contributed by atoms with Gasteiger partial charge >= 0.3 is 5.69 Å². The zero-order valence-electron chi connectivity index (χ0n) is 15.8. The van der Waals surface area contributed by atoms with Gasteiger partial charge in [0.15, 0.2) is 11.2 Å². The van der Waals surface area contributed by atoms with Crippen LogP contribution in [-0.2, 0) is 27.2 Å². The molecule has 7 nitrogen and oxygen atoms in total. The fourth-order valence-electron chi connectivity index (χ4n) is 4.00. The zero-order chi connectivity index (χ0) is 19.0. The van der Waals surface area contributed by atoms with Gasteiger partial charge in [-0.15, -0.1) is 0 Å². The summed E-state index contributed by atoms with van der Waals surface area (Å²) in [5.41, 5.74) is 1.71. The number of hydrogen-bond donors (Lipinski definition) is 0. The summed E-state index contributed by atoms with van der Waals surface area (Å²) in [5, 5.41) is 0. The highest BCUT2D eigenvalue weighted by Crippen LogP contribution is 2.22. The quantitative estimate of drug-likeness (QED) is 0.698. The number of benzene rings is 1. The van der Waals surface area contributed by atoms with E-state index in [1.807, 2.05) is 4.57 Å². The number of hydrogen-bond acceptors (Lipinski definition) is 4. The fourth-order valence-corrected chi connectivity index (χ4v) is 4.00. The van der Waals surface area contributed by atoms with Crippen LogP contribution in [0.1, 0.15) is 18.4 Å². The van der Waals surface area contributed by atoms with E-state index < -0.39 is 0 Å². The number of likely N-dealkylation sites (tertiary alicyclic amines) is 1. The highest BCUT2D eigenvalue weighted by Gasteiger charge is 2.21. The highest BCUT2D eigenvalue weighted by molar-refractivity contribution is 5.69. The second-order valence-corrected chi connectivity index (χ2v) is 7.48. The number of piperidine rings is 1. The number of imidazole rings is 1. The lowest BCUT2D eigenvalue weighted by Crippen LogP contribution is -2.39. The van der Waals surface area contributed by atoms with Gasteiger partial charge in [0.2, 0.25) is 0 Å². The van der Waals surface area contributed by atoms with Gasteiger partial charge in [-0.05, 0) is 30.7 Å². The summed E-state index contributed by atoms with van der Waals surface area (Å²) in [7, 11) is 3.16. The lowest BCUT2D eigenvalue weighted by Gasteiger charge is -2.32. The summed E-state index contributed by atoms with van der Waals surface area (Å²) >= 11 is 0. The van der Waals surface area contributed by atoms with Crippen LogP contribution in [0.4, 0.5) is 0 Å². The van der Waals surface area contributed by atoms with Gasteiger partial charge in [0.05, 0.1) is 13.0 Å². The summed E-state index contributed by atoms with van der Waals surface area (Å²) in [5.74, 6) is 0.705. The van der Waals surface area contributed by atoms with Crippen LogP contribution in [0.5, 0.6) is 0 Å². The standard InChI is InChI=1S/C20H25N5O2/c1-22-18-17(19(26)23(2)20(22)27)25(13-21-18)14-24-10-8-16(9-11-24)12-15-6-4-3-5-7-15/h3-7,13,16H,8-12,14H2,1-2H3. The van der Waals surface area contributed by atoms with E-state index in [1.54, 1.807) is 13.4 Å². The summed E-state index contributed by atoms with van der Waals surface area (Å²) < 4.78 is 4.45. The molecule has 1 saturated heterocycles. The van der Waals surface area contributed by atoms with E-state index in [0.717, 1.165) is 36.9 Å². The number of aromatic nitrogens is 4. The minimum Gasteiger partial charge on any atom is -0.311 e. The Labute approximate surface area is 157 Å².